The Morgan fingerprint density at radius 3 is 2.56 bits per heavy atom. The number of nitrogens with zero attached hydrogens (tertiary/aromatic N) is 1. The van der Waals surface area contributed by atoms with Gasteiger partial charge >= 0.3 is 0 Å². The Morgan fingerprint density at radius 2 is 1.89 bits per heavy atom. The van der Waals surface area contributed by atoms with Crippen molar-refractivity contribution in [2.24, 2.45) is 23.0 Å². The first kappa shape index (κ1) is 18.3. The van der Waals surface area contributed by atoms with E-state index in [1.54, 1.807) is 6.07 Å². The second-order valence-electron chi connectivity index (χ2n) is 9.47. The highest BCUT2D eigenvalue weighted by Crippen LogP contribution is 2.57. The molecular weight excluding hydrogens is 340 g/mol. The molecule has 0 unspecified atom stereocenters. The molecule has 5 nitrogen and oxygen atoms in total. The van der Waals surface area contributed by atoms with Crippen LogP contribution in [-0.4, -0.2) is 34.4 Å². The number of primary amides is 1. The van der Waals surface area contributed by atoms with Crippen molar-refractivity contribution in [1.29, 1.82) is 0 Å². The average molecular weight is 370 g/mol. The number of rotatable bonds is 2. The van der Waals surface area contributed by atoms with Crippen LogP contribution in [0.25, 0.3) is 0 Å². The number of hydrogen-bond donors (Lipinski definition) is 2. The molecule has 146 valence electrons. The van der Waals surface area contributed by atoms with Gasteiger partial charge in [-0.15, -0.1) is 0 Å². The number of fused-ring (bicyclic) bond motifs is 4. The Morgan fingerprint density at radius 1 is 1.19 bits per heavy atom. The normalized spacial score (nSPS) is 34.2. The number of benzene rings is 1. The molecule has 5 heteroatoms. The van der Waals surface area contributed by atoms with Crippen molar-refractivity contribution < 1.29 is 14.7 Å². The van der Waals surface area contributed by atoms with Crippen LogP contribution in [0.1, 0.15) is 57.6 Å². The fourth-order valence-corrected chi connectivity index (χ4v) is 5.89. The third kappa shape index (κ3) is 2.50. The SMILES string of the molecule is CC1(C)[C@H]2Cc3c(O)cccc3[C@]1(C)CCN2C(=O)[C@@H]1CC[C@@H](C(N)=O)C1. The standard InChI is InChI=1S/C22H30N2O3/c1-21(2)18-12-15-16(5-4-6-17(15)25)22(21,3)9-10-24(18)20(27)14-8-7-13(11-14)19(23)26/h4-6,13-14,18,25H,7-12H2,1-3H3,(H2,23,26)/t13-,14-,18-,22+/m1/s1. The smallest absolute Gasteiger partial charge is 0.225 e. The summed E-state index contributed by atoms with van der Waals surface area (Å²) in [7, 11) is 0. The second-order valence-corrected chi connectivity index (χ2v) is 9.47. The number of aromatic hydroxyl groups is 1. The average Bonchev–Trinajstić information content (AvgIpc) is 3.09. The maximum atomic E-state index is 13.4. The first-order valence-corrected chi connectivity index (χ1v) is 10.1. The molecule has 0 spiro atoms. The highest BCUT2D eigenvalue weighted by atomic mass is 16.3. The summed E-state index contributed by atoms with van der Waals surface area (Å²) in [5.41, 5.74) is 7.50. The predicted octanol–water partition coefficient (Wildman–Crippen LogP) is 2.73. The van der Waals surface area contributed by atoms with E-state index in [4.69, 9.17) is 5.73 Å². The number of carbonyl (C=O) groups is 2. The first-order chi connectivity index (χ1) is 12.7. The third-order valence-corrected chi connectivity index (χ3v) is 8.09. The number of hydrogen-bond acceptors (Lipinski definition) is 3. The summed E-state index contributed by atoms with van der Waals surface area (Å²) in [6, 6.07) is 5.86. The van der Waals surface area contributed by atoms with Crippen LogP contribution >= 0.6 is 0 Å². The van der Waals surface area contributed by atoms with E-state index >= 15 is 0 Å². The van der Waals surface area contributed by atoms with Gasteiger partial charge in [-0.2, -0.15) is 0 Å². The Balaban J connectivity index is 1.67. The minimum atomic E-state index is -0.284. The molecule has 0 radical (unpaired) electrons. The van der Waals surface area contributed by atoms with Crippen LogP contribution in [0.5, 0.6) is 5.75 Å². The molecule has 3 aliphatic rings. The van der Waals surface area contributed by atoms with Crippen LogP contribution in [0.15, 0.2) is 18.2 Å². The van der Waals surface area contributed by atoms with Crippen molar-refractivity contribution in [3.8, 4) is 5.75 Å². The van der Waals surface area contributed by atoms with Crippen molar-refractivity contribution in [1.82, 2.24) is 4.90 Å². The van der Waals surface area contributed by atoms with E-state index in [0.717, 1.165) is 31.4 Å². The summed E-state index contributed by atoms with van der Waals surface area (Å²) in [6.07, 6.45) is 3.61. The highest BCUT2D eigenvalue weighted by Gasteiger charge is 2.57. The summed E-state index contributed by atoms with van der Waals surface area (Å²) < 4.78 is 0. The molecule has 3 N–H and O–H groups in total. The molecule has 27 heavy (non-hydrogen) atoms. The summed E-state index contributed by atoms with van der Waals surface area (Å²) in [5, 5.41) is 10.5. The maximum absolute atomic E-state index is 13.4. The van der Waals surface area contributed by atoms with E-state index in [1.807, 2.05) is 11.0 Å². The van der Waals surface area contributed by atoms with Crippen LogP contribution in [0.2, 0.25) is 0 Å². The minimum absolute atomic E-state index is 0.0529. The maximum Gasteiger partial charge on any atom is 0.225 e. The lowest BCUT2D eigenvalue weighted by Crippen LogP contribution is -2.65. The Kier molecular flexibility index (Phi) is 4.06. The molecule has 2 fully saturated rings. The van der Waals surface area contributed by atoms with Gasteiger partial charge in [0.15, 0.2) is 0 Å². The number of likely N-dealkylation sites (tertiary alicyclic amines) is 1. The summed E-state index contributed by atoms with van der Waals surface area (Å²) >= 11 is 0. The molecular formula is C22H30N2O3. The van der Waals surface area contributed by atoms with Gasteiger partial charge in [-0.1, -0.05) is 32.9 Å². The number of nitrogens with two attached hydrogens (primary N) is 1. The molecule has 1 saturated carbocycles. The fourth-order valence-electron chi connectivity index (χ4n) is 5.89. The van der Waals surface area contributed by atoms with Crippen LogP contribution in [-0.2, 0) is 21.4 Å². The van der Waals surface area contributed by atoms with Crippen molar-refractivity contribution in [3.63, 3.8) is 0 Å². The number of carbonyl (C=O) groups excluding carboxylic acids is 2. The van der Waals surface area contributed by atoms with Gasteiger partial charge < -0.3 is 15.7 Å². The topological polar surface area (TPSA) is 83.6 Å². The van der Waals surface area contributed by atoms with Gasteiger partial charge in [-0.25, -0.2) is 0 Å². The van der Waals surface area contributed by atoms with Gasteiger partial charge in [0.25, 0.3) is 0 Å². The van der Waals surface area contributed by atoms with E-state index in [2.05, 4.69) is 26.8 Å². The van der Waals surface area contributed by atoms with E-state index in [0.29, 0.717) is 18.6 Å². The molecule has 2 amide bonds. The molecule has 1 aliphatic heterocycles. The summed E-state index contributed by atoms with van der Waals surface area (Å²) in [6.45, 7) is 7.52. The number of phenolic OH excluding ortho intramolecular Hbond substituents is 1. The van der Waals surface area contributed by atoms with Crippen LogP contribution in [0.4, 0.5) is 0 Å². The third-order valence-electron chi connectivity index (χ3n) is 8.09. The Hall–Kier alpha value is -2.04. The molecule has 2 aliphatic carbocycles. The number of amides is 2. The largest absolute Gasteiger partial charge is 0.508 e. The van der Waals surface area contributed by atoms with Gasteiger partial charge in [0.1, 0.15) is 5.75 Å². The summed E-state index contributed by atoms with van der Waals surface area (Å²) in [4.78, 5) is 26.9. The van der Waals surface area contributed by atoms with Gasteiger partial charge in [-0.3, -0.25) is 9.59 Å². The molecule has 4 rings (SSSR count). The first-order valence-electron chi connectivity index (χ1n) is 10.1. The zero-order valence-electron chi connectivity index (χ0n) is 16.5. The van der Waals surface area contributed by atoms with Gasteiger partial charge in [0, 0.05) is 29.8 Å². The van der Waals surface area contributed by atoms with Crippen LogP contribution in [0, 0.1) is 17.3 Å². The zero-order valence-corrected chi connectivity index (χ0v) is 16.5. The molecule has 1 heterocycles. The van der Waals surface area contributed by atoms with Crippen LogP contribution < -0.4 is 5.73 Å². The van der Waals surface area contributed by atoms with Crippen molar-refractivity contribution >= 4 is 11.8 Å². The lowest BCUT2D eigenvalue weighted by Gasteiger charge is -2.61. The van der Waals surface area contributed by atoms with Gasteiger partial charge in [-0.05, 0) is 54.7 Å². The lowest BCUT2D eigenvalue weighted by atomic mass is 9.51. The molecule has 0 aromatic heterocycles. The van der Waals surface area contributed by atoms with Crippen molar-refractivity contribution in [2.75, 3.05) is 6.54 Å². The van der Waals surface area contributed by atoms with E-state index in [9.17, 15) is 14.7 Å². The second kappa shape index (κ2) is 5.98. The zero-order chi connectivity index (χ0) is 19.6. The highest BCUT2D eigenvalue weighted by molar-refractivity contribution is 5.83. The van der Waals surface area contributed by atoms with Crippen molar-refractivity contribution in [2.45, 2.75) is 64.3 Å². The quantitative estimate of drug-likeness (QED) is 0.840. The monoisotopic (exact) mass is 370 g/mol. The predicted molar refractivity (Wildman–Crippen MR) is 103 cm³/mol. The van der Waals surface area contributed by atoms with E-state index in [-0.39, 0.29) is 40.5 Å². The molecule has 1 saturated heterocycles. The van der Waals surface area contributed by atoms with Gasteiger partial charge in [0.2, 0.25) is 11.8 Å². The molecule has 1 aromatic carbocycles. The van der Waals surface area contributed by atoms with Crippen molar-refractivity contribution in [3.05, 3.63) is 29.3 Å². The Labute approximate surface area is 160 Å². The fraction of sp³-hybridized carbons (Fsp3) is 0.636. The minimum Gasteiger partial charge on any atom is -0.508 e. The molecule has 1 aromatic rings. The van der Waals surface area contributed by atoms with Crippen LogP contribution in [0.3, 0.4) is 0 Å². The molecule has 4 atom stereocenters. The number of piperidine rings is 1. The van der Waals surface area contributed by atoms with Gasteiger partial charge in [0.05, 0.1) is 0 Å². The number of phenols is 1. The van der Waals surface area contributed by atoms with E-state index in [1.165, 1.54) is 5.56 Å². The summed E-state index contributed by atoms with van der Waals surface area (Å²) in [5.74, 6) is -0.0548. The molecule has 2 bridgehead atoms. The Bertz CT molecular complexity index is 803. The van der Waals surface area contributed by atoms with E-state index < -0.39 is 0 Å². The lowest BCUT2D eigenvalue weighted by molar-refractivity contribution is -0.148.